The fraction of sp³-hybridized carbons (Fsp3) is 0.516. The molecule has 4 heteroatoms. The van der Waals surface area contributed by atoms with Crippen molar-refractivity contribution >= 4 is 5.91 Å². The van der Waals surface area contributed by atoms with E-state index in [2.05, 4.69) is 18.3 Å². The molecule has 2 aromatic carbocycles. The zero-order valence-electron chi connectivity index (χ0n) is 21.3. The Hall–Kier alpha value is -2.59. The minimum atomic E-state index is -0.312. The van der Waals surface area contributed by atoms with E-state index in [0.717, 1.165) is 48.6 Å². The van der Waals surface area contributed by atoms with Gasteiger partial charge in [0.15, 0.2) is 0 Å². The number of benzene rings is 2. The van der Waals surface area contributed by atoms with Crippen molar-refractivity contribution in [1.82, 2.24) is 5.32 Å². The summed E-state index contributed by atoms with van der Waals surface area (Å²) in [5.74, 6) is 1.38. The Morgan fingerprint density at radius 2 is 1.54 bits per heavy atom. The zero-order valence-corrected chi connectivity index (χ0v) is 21.3. The number of piperidine rings is 1. The molecule has 0 atom stereocenters. The Morgan fingerprint density at radius 3 is 2.23 bits per heavy atom. The number of hydrogen-bond acceptors (Lipinski definition) is 2. The van der Waals surface area contributed by atoms with Crippen LogP contribution in [-0.2, 0) is 4.79 Å². The monoisotopic (exact) mass is 473 g/mol. The van der Waals surface area contributed by atoms with Gasteiger partial charge in [0.25, 0.3) is 0 Å². The molecule has 186 valence electrons. The predicted octanol–water partition coefficient (Wildman–Crippen LogP) is 6.71. The molecule has 2 heterocycles. The molecule has 1 N–H and O–H groups in total. The molecule has 0 bridgehead atoms. The Labute approximate surface area is 211 Å². The predicted molar refractivity (Wildman–Crippen MR) is 142 cm³/mol. The second kappa shape index (κ2) is 11.0. The van der Waals surface area contributed by atoms with E-state index in [1.54, 1.807) is 5.57 Å². The zero-order chi connectivity index (χ0) is 24.1. The van der Waals surface area contributed by atoms with Crippen LogP contribution in [0.2, 0.25) is 0 Å². The van der Waals surface area contributed by atoms with E-state index in [1.165, 1.54) is 62.5 Å². The number of amides is 1. The van der Waals surface area contributed by atoms with Crippen LogP contribution in [0.3, 0.4) is 0 Å². The maximum Gasteiger partial charge on any atom is 0.232 e. The normalized spacial score (nSPS) is 25.1. The van der Waals surface area contributed by atoms with Crippen molar-refractivity contribution in [1.29, 1.82) is 0 Å². The highest BCUT2D eigenvalue weighted by Crippen LogP contribution is 2.44. The number of ether oxygens (including phenoxy) is 1. The molecule has 1 saturated heterocycles. The third-order valence-electron chi connectivity index (χ3n) is 8.54. The van der Waals surface area contributed by atoms with Crippen molar-refractivity contribution < 1.29 is 14.0 Å². The van der Waals surface area contributed by atoms with Crippen molar-refractivity contribution in [3.8, 4) is 11.5 Å². The van der Waals surface area contributed by atoms with Crippen molar-refractivity contribution in [3.05, 3.63) is 71.3 Å². The van der Waals surface area contributed by atoms with Gasteiger partial charge in [0.05, 0.1) is 25.6 Å². The summed E-state index contributed by atoms with van der Waals surface area (Å²) in [4.78, 5) is 13.7. The molecule has 0 unspecified atom stereocenters. The minimum absolute atomic E-state index is 0.105. The largest absolute Gasteiger partial charge is 0.457 e. The maximum absolute atomic E-state index is 13.7. The molecule has 3 aliphatic rings. The number of quaternary nitrogens is 1. The Balaban J connectivity index is 1.25. The number of likely N-dealkylation sites (N-methyl/N-ethyl adjacent to an activating group) is 1. The molecule has 5 rings (SSSR count). The first-order valence-corrected chi connectivity index (χ1v) is 13.9. The average Bonchev–Trinajstić information content (AvgIpc) is 3.02. The maximum atomic E-state index is 13.7. The van der Waals surface area contributed by atoms with Gasteiger partial charge in [-0.25, -0.2) is 0 Å². The third kappa shape index (κ3) is 5.48. The van der Waals surface area contributed by atoms with Crippen LogP contribution in [0.15, 0.2) is 60.2 Å². The topological polar surface area (TPSA) is 38.3 Å². The van der Waals surface area contributed by atoms with E-state index >= 15 is 0 Å². The number of fused-ring (bicyclic) bond motifs is 2. The van der Waals surface area contributed by atoms with Gasteiger partial charge in [-0.1, -0.05) is 61.7 Å². The molecule has 1 aliphatic carbocycles. The lowest BCUT2D eigenvalue weighted by molar-refractivity contribution is -0.927. The van der Waals surface area contributed by atoms with E-state index in [9.17, 15) is 4.79 Å². The minimum Gasteiger partial charge on any atom is -0.457 e. The molecule has 0 aromatic heterocycles. The summed E-state index contributed by atoms with van der Waals surface area (Å²) in [5, 5.41) is 3.44. The summed E-state index contributed by atoms with van der Waals surface area (Å²) in [7, 11) is 0. The first-order chi connectivity index (χ1) is 17.2. The molecule has 1 fully saturated rings. The number of carbonyl (C=O) groups is 1. The molecule has 1 amide bonds. The van der Waals surface area contributed by atoms with Crippen molar-refractivity contribution in [2.45, 2.75) is 76.7 Å². The molecular weight excluding hydrogens is 432 g/mol. The lowest BCUT2D eigenvalue weighted by Crippen LogP contribution is -2.57. The van der Waals surface area contributed by atoms with Crippen molar-refractivity contribution in [2.24, 2.45) is 0 Å². The number of rotatable bonds is 5. The highest BCUT2D eigenvalue weighted by molar-refractivity contribution is 5.89. The smallest absolute Gasteiger partial charge is 0.232 e. The molecule has 0 saturated carbocycles. The van der Waals surface area contributed by atoms with E-state index < -0.39 is 0 Å². The van der Waals surface area contributed by atoms with Crippen molar-refractivity contribution in [3.63, 3.8) is 0 Å². The SMILES string of the molecule is CC[N+]1(CC2=CCCCCCCC2)CCC(NC(=O)C2c3ccccc3Oc3ccccc32)CC1. The fourth-order valence-corrected chi connectivity index (χ4v) is 6.33. The molecule has 2 aromatic rings. The lowest BCUT2D eigenvalue weighted by atomic mass is 9.86. The van der Waals surface area contributed by atoms with Gasteiger partial charge >= 0.3 is 0 Å². The summed E-state index contributed by atoms with van der Waals surface area (Å²) < 4.78 is 7.28. The standard InChI is InChI=1S/C31H40N2O2/c1-2-33(23-24-13-7-5-3-4-6-8-14-24)21-19-25(20-22-33)32-31(34)30-26-15-9-11-17-28(26)35-29-18-12-10-16-27(29)30/h9-13,15-18,25,30H,2-8,14,19-23H2,1H3/p+1. The van der Waals surface area contributed by atoms with E-state index in [4.69, 9.17) is 4.74 Å². The highest BCUT2D eigenvalue weighted by atomic mass is 16.5. The van der Waals surface area contributed by atoms with Gasteiger partial charge in [0, 0.05) is 30.0 Å². The van der Waals surface area contributed by atoms with E-state index in [-0.39, 0.29) is 17.9 Å². The van der Waals surface area contributed by atoms with Crippen LogP contribution in [0, 0.1) is 0 Å². The van der Waals surface area contributed by atoms with Crippen molar-refractivity contribution in [2.75, 3.05) is 26.2 Å². The van der Waals surface area contributed by atoms with Crippen LogP contribution in [0.4, 0.5) is 0 Å². The number of carbonyl (C=O) groups excluding carboxylic acids is 1. The van der Waals surface area contributed by atoms with Crippen LogP contribution in [0.1, 0.15) is 81.8 Å². The summed E-state index contributed by atoms with van der Waals surface area (Å²) in [6.45, 7) is 7.04. The Kier molecular flexibility index (Phi) is 7.57. The summed E-state index contributed by atoms with van der Waals surface area (Å²) in [6.07, 6.45) is 14.1. The van der Waals surface area contributed by atoms with Gasteiger partial charge in [-0.2, -0.15) is 0 Å². The number of hydrogen-bond donors (Lipinski definition) is 1. The van der Waals surface area contributed by atoms with Crippen LogP contribution in [0.5, 0.6) is 11.5 Å². The fourth-order valence-electron chi connectivity index (χ4n) is 6.33. The molecule has 35 heavy (non-hydrogen) atoms. The molecule has 0 radical (unpaired) electrons. The van der Waals surface area contributed by atoms with E-state index in [0.29, 0.717) is 0 Å². The van der Waals surface area contributed by atoms with Crippen LogP contribution >= 0.6 is 0 Å². The molecule has 2 aliphatic heterocycles. The molecule has 4 nitrogen and oxygen atoms in total. The summed E-state index contributed by atoms with van der Waals surface area (Å²) in [6, 6.07) is 16.2. The Bertz CT molecular complexity index is 1010. The van der Waals surface area contributed by atoms with Gasteiger partial charge in [-0.15, -0.1) is 0 Å². The number of nitrogens with one attached hydrogen (secondary N) is 1. The quantitative estimate of drug-likeness (QED) is 0.387. The first-order valence-electron chi connectivity index (χ1n) is 13.9. The van der Waals surface area contributed by atoms with Crippen LogP contribution in [0.25, 0.3) is 0 Å². The third-order valence-corrected chi connectivity index (χ3v) is 8.54. The first kappa shape index (κ1) is 24.1. The Morgan fingerprint density at radius 1 is 0.914 bits per heavy atom. The van der Waals surface area contributed by atoms with Gasteiger partial charge in [-0.05, 0) is 50.3 Å². The van der Waals surface area contributed by atoms with Gasteiger partial charge in [0.1, 0.15) is 18.0 Å². The molecular formula is C31H41N2O2+. The van der Waals surface area contributed by atoms with Gasteiger partial charge in [-0.3, -0.25) is 4.79 Å². The molecule has 0 spiro atoms. The number of allylic oxidation sites excluding steroid dienone is 1. The number of likely N-dealkylation sites (tertiary alicyclic amines) is 1. The second-order valence-electron chi connectivity index (χ2n) is 10.8. The van der Waals surface area contributed by atoms with Gasteiger partial charge in [0.2, 0.25) is 5.91 Å². The second-order valence-corrected chi connectivity index (χ2v) is 10.8. The summed E-state index contributed by atoms with van der Waals surface area (Å²) in [5.41, 5.74) is 3.61. The number of nitrogens with zero attached hydrogens (tertiary/aromatic N) is 1. The lowest BCUT2D eigenvalue weighted by Gasteiger charge is -2.44. The van der Waals surface area contributed by atoms with Crippen LogP contribution in [-0.4, -0.2) is 42.6 Å². The average molecular weight is 474 g/mol. The van der Waals surface area contributed by atoms with Gasteiger partial charge < -0.3 is 14.5 Å². The number of para-hydroxylation sites is 2. The van der Waals surface area contributed by atoms with E-state index in [1.807, 2.05) is 48.5 Å². The highest BCUT2D eigenvalue weighted by Gasteiger charge is 2.37. The summed E-state index contributed by atoms with van der Waals surface area (Å²) >= 11 is 0. The van der Waals surface area contributed by atoms with Crippen LogP contribution < -0.4 is 10.1 Å².